The number of aromatic nitrogens is 2. The number of pyridine rings is 2. The van der Waals surface area contributed by atoms with E-state index < -0.39 is 9.84 Å². The third kappa shape index (κ3) is 4.82. The van der Waals surface area contributed by atoms with E-state index in [0.29, 0.717) is 24.3 Å². The molecule has 8 heteroatoms. The lowest BCUT2D eigenvalue weighted by molar-refractivity contribution is 0.0796. The van der Waals surface area contributed by atoms with Gasteiger partial charge in [0, 0.05) is 50.8 Å². The van der Waals surface area contributed by atoms with Crippen LogP contribution in [-0.2, 0) is 16.3 Å². The van der Waals surface area contributed by atoms with E-state index in [1.54, 1.807) is 42.7 Å². The molecular weight excluding hydrogens is 364 g/mol. The van der Waals surface area contributed by atoms with Gasteiger partial charge in [-0.15, -0.1) is 0 Å². The zero-order chi connectivity index (χ0) is 19.4. The molecular formula is C19H24N4O3S. The molecule has 2 aromatic rings. The molecule has 2 aromatic heterocycles. The quantitative estimate of drug-likeness (QED) is 0.744. The Balaban J connectivity index is 1.66. The fraction of sp³-hybridized carbons (Fsp3) is 0.421. The van der Waals surface area contributed by atoms with E-state index in [4.69, 9.17) is 0 Å². The second-order valence-electron chi connectivity index (χ2n) is 6.90. The van der Waals surface area contributed by atoms with Crippen LogP contribution in [0.3, 0.4) is 0 Å². The maximum Gasteiger partial charge on any atom is 0.253 e. The fourth-order valence-electron chi connectivity index (χ4n) is 3.18. The Morgan fingerprint density at radius 3 is 2.59 bits per heavy atom. The molecule has 144 valence electrons. The van der Waals surface area contributed by atoms with Crippen LogP contribution in [0.2, 0.25) is 0 Å². The van der Waals surface area contributed by atoms with Gasteiger partial charge < -0.3 is 9.80 Å². The van der Waals surface area contributed by atoms with Crippen molar-refractivity contribution >= 4 is 21.6 Å². The van der Waals surface area contributed by atoms with Gasteiger partial charge >= 0.3 is 0 Å². The lowest BCUT2D eigenvalue weighted by Gasteiger charge is -2.25. The molecule has 1 aliphatic rings. The monoisotopic (exact) mass is 388 g/mol. The Morgan fingerprint density at radius 1 is 1.19 bits per heavy atom. The molecule has 0 spiro atoms. The summed E-state index contributed by atoms with van der Waals surface area (Å²) in [6, 6.07) is 7.20. The van der Waals surface area contributed by atoms with Crippen molar-refractivity contribution in [3.05, 3.63) is 54.0 Å². The number of nitrogens with zero attached hydrogens (tertiary/aromatic N) is 4. The van der Waals surface area contributed by atoms with Crippen LogP contribution < -0.4 is 4.90 Å². The second kappa shape index (κ2) is 8.04. The minimum Gasteiger partial charge on any atom is -0.356 e. The first kappa shape index (κ1) is 19.3. The van der Waals surface area contributed by atoms with E-state index in [1.165, 1.54) is 0 Å². The smallest absolute Gasteiger partial charge is 0.253 e. The third-order valence-corrected chi connectivity index (χ3v) is 6.69. The highest BCUT2D eigenvalue weighted by Gasteiger charge is 2.31. The average Bonchev–Trinajstić information content (AvgIpc) is 3.05. The van der Waals surface area contributed by atoms with Crippen molar-refractivity contribution < 1.29 is 13.2 Å². The van der Waals surface area contributed by atoms with Crippen molar-refractivity contribution in [3.8, 4) is 0 Å². The summed E-state index contributed by atoms with van der Waals surface area (Å²) in [6.45, 7) is 0.594. The number of carbonyl (C=O) groups is 1. The number of likely N-dealkylation sites (N-methyl/N-ethyl adjacent to an activating group) is 1. The number of carbonyl (C=O) groups excluding carboxylic acids is 1. The summed E-state index contributed by atoms with van der Waals surface area (Å²) in [6.07, 6.45) is 6.42. The first-order valence-corrected chi connectivity index (χ1v) is 10.7. The van der Waals surface area contributed by atoms with Crippen molar-refractivity contribution in [2.24, 2.45) is 0 Å². The lowest BCUT2D eigenvalue weighted by Crippen LogP contribution is -2.34. The molecule has 0 N–H and O–H groups in total. The zero-order valence-corrected chi connectivity index (χ0v) is 16.4. The Morgan fingerprint density at radius 2 is 1.93 bits per heavy atom. The van der Waals surface area contributed by atoms with E-state index in [-0.39, 0.29) is 23.5 Å². The summed E-state index contributed by atoms with van der Waals surface area (Å²) in [5.74, 6) is 0.874. The number of sulfone groups is 1. The summed E-state index contributed by atoms with van der Waals surface area (Å²) in [5.41, 5.74) is 1.67. The molecule has 1 aliphatic heterocycles. The van der Waals surface area contributed by atoms with Gasteiger partial charge in [0.2, 0.25) is 0 Å². The molecule has 3 heterocycles. The van der Waals surface area contributed by atoms with Crippen LogP contribution in [0, 0.1) is 0 Å². The highest BCUT2D eigenvalue weighted by Crippen LogP contribution is 2.22. The van der Waals surface area contributed by atoms with Crippen LogP contribution in [0.25, 0.3) is 0 Å². The molecule has 1 atom stereocenters. The summed E-state index contributed by atoms with van der Waals surface area (Å²) in [7, 11) is 0.632. The molecule has 1 unspecified atom stereocenters. The Labute approximate surface area is 160 Å². The van der Waals surface area contributed by atoms with Crippen molar-refractivity contribution in [1.29, 1.82) is 0 Å². The molecule has 1 amide bonds. The van der Waals surface area contributed by atoms with Gasteiger partial charge in [-0.2, -0.15) is 0 Å². The SMILES string of the molecule is CN(CCc1ccncc1)C(=O)c1ccnc(N(C)C2CCS(=O)(=O)C2)c1. The van der Waals surface area contributed by atoms with Crippen LogP contribution in [0.1, 0.15) is 22.3 Å². The van der Waals surface area contributed by atoms with Crippen LogP contribution in [-0.4, -0.2) is 67.4 Å². The van der Waals surface area contributed by atoms with Gasteiger partial charge in [-0.3, -0.25) is 9.78 Å². The first-order chi connectivity index (χ1) is 12.9. The fourth-order valence-corrected chi connectivity index (χ4v) is 4.95. The zero-order valence-electron chi connectivity index (χ0n) is 15.6. The molecule has 0 aromatic carbocycles. The molecule has 27 heavy (non-hydrogen) atoms. The summed E-state index contributed by atoms with van der Waals surface area (Å²) < 4.78 is 23.4. The highest BCUT2D eigenvalue weighted by molar-refractivity contribution is 7.91. The number of rotatable bonds is 6. The molecule has 1 fully saturated rings. The maximum atomic E-state index is 12.7. The standard InChI is InChI=1S/C19H24N4O3S/c1-22(11-6-15-3-8-20-9-4-15)19(24)16-5-10-21-18(13-16)23(2)17-7-12-27(25,26)14-17/h3-5,8-10,13,17H,6-7,11-12,14H2,1-2H3. The van der Waals surface area contributed by atoms with Gasteiger partial charge in [-0.1, -0.05) is 0 Å². The second-order valence-corrected chi connectivity index (χ2v) is 9.13. The van der Waals surface area contributed by atoms with Crippen molar-refractivity contribution in [2.45, 2.75) is 18.9 Å². The minimum atomic E-state index is -2.97. The first-order valence-electron chi connectivity index (χ1n) is 8.89. The summed E-state index contributed by atoms with van der Waals surface area (Å²) in [5, 5.41) is 0. The average molecular weight is 388 g/mol. The molecule has 0 saturated carbocycles. The predicted octanol–water partition coefficient (Wildman–Crippen LogP) is 1.41. The Kier molecular flexibility index (Phi) is 5.74. The van der Waals surface area contributed by atoms with Crippen LogP contribution >= 0.6 is 0 Å². The number of hydrogen-bond acceptors (Lipinski definition) is 6. The molecule has 3 rings (SSSR count). The Hall–Kier alpha value is -2.48. The van der Waals surface area contributed by atoms with E-state index in [0.717, 1.165) is 12.0 Å². The van der Waals surface area contributed by atoms with Gasteiger partial charge in [-0.05, 0) is 42.7 Å². The van der Waals surface area contributed by atoms with E-state index >= 15 is 0 Å². The van der Waals surface area contributed by atoms with Gasteiger partial charge in [0.05, 0.1) is 11.5 Å². The molecule has 0 bridgehead atoms. The summed E-state index contributed by atoms with van der Waals surface area (Å²) >= 11 is 0. The van der Waals surface area contributed by atoms with Crippen molar-refractivity contribution in [1.82, 2.24) is 14.9 Å². The maximum absolute atomic E-state index is 12.7. The van der Waals surface area contributed by atoms with Crippen LogP contribution in [0.4, 0.5) is 5.82 Å². The van der Waals surface area contributed by atoms with Gasteiger partial charge in [0.15, 0.2) is 9.84 Å². The Bertz CT molecular complexity index is 902. The minimum absolute atomic E-state index is 0.0832. The van der Waals surface area contributed by atoms with Gasteiger partial charge in [-0.25, -0.2) is 13.4 Å². The van der Waals surface area contributed by atoms with E-state index in [1.807, 2.05) is 24.1 Å². The van der Waals surface area contributed by atoms with Crippen LogP contribution in [0.5, 0.6) is 0 Å². The van der Waals surface area contributed by atoms with Gasteiger partial charge in [0.25, 0.3) is 5.91 Å². The largest absolute Gasteiger partial charge is 0.356 e. The highest BCUT2D eigenvalue weighted by atomic mass is 32.2. The number of hydrogen-bond donors (Lipinski definition) is 0. The molecule has 0 radical (unpaired) electrons. The summed E-state index contributed by atoms with van der Waals surface area (Å²) in [4.78, 5) is 24.6. The van der Waals surface area contributed by atoms with E-state index in [2.05, 4.69) is 9.97 Å². The topological polar surface area (TPSA) is 83.5 Å². The van der Waals surface area contributed by atoms with Gasteiger partial charge in [0.1, 0.15) is 5.82 Å². The number of anilines is 1. The normalized spacial score (nSPS) is 18.2. The third-order valence-electron chi connectivity index (χ3n) is 4.94. The molecule has 1 saturated heterocycles. The molecule has 0 aliphatic carbocycles. The van der Waals surface area contributed by atoms with Crippen molar-refractivity contribution in [2.75, 3.05) is 37.0 Å². The van der Waals surface area contributed by atoms with Crippen molar-refractivity contribution in [3.63, 3.8) is 0 Å². The van der Waals surface area contributed by atoms with Crippen LogP contribution in [0.15, 0.2) is 42.9 Å². The molecule has 7 nitrogen and oxygen atoms in total. The lowest BCUT2D eigenvalue weighted by atomic mass is 10.1. The number of amides is 1. The predicted molar refractivity (Wildman–Crippen MR) is 105 cm³/mol. The van der Waals surface area contributed by atoms with E-state index in [9.17, 15) is 13.2 Å².